The van der Waals surface area contributed by atoms with E-state index < -0.39 is 0 Å². The van der Waals surface area contributed by atoms with E-state index in [9.17, 15) is 4.79 Å². The molecule has 2 aromatic heterocycles. The van der Waals surface area contributed by atoms with Gasteiger partial charge in [0.25, 0.3) is 11.8 Å². The highest BCUT2D eigenvalue weighted by Gasteiger charge is 2.21. The maximum Gasteiger partial charge on any atom is 0.271 e. The predicted molar refractivity (Wildman–Crippen MR) is 135 cm³/mol. The molecule has 5 rings (SSSR count). The number of aryl methyl sites for hydroxylation is 1. The first kappa shape index (κ1) is 23.9. The van der Waals surface area contributed by atoms with E-state index in [2.05, 4.69) is 21.7 Å². The molecule has 3 heterocycles. The number of nitrogens with one attached hydrogen (secondary N) is 2. The molecule has 1 aliphatic rings. The Labute approximate surface area is 204 Å². The van der Waals surface area contributed by atoms with Gasteiger partial charge in [-0.25, -0.2) is 9.97 Å². The van der Waals surface area contributed by atoms with E-state index >= 15 is 0 Å². The molecule has 0 saturated carbocycles. The number of fused-ring (bicyclic) bond motifs is 1. The first-order chi connectivity index (χ1) is 17.0. The molecule has 1 fully saturated rings. The monoisotopic (exact) mass is 468 g/mol. The van der Waals surface area contributed by atoms with E-state index in [0.717, 1.165) is 22.4 Å². The number of hydrogen-bond donors (Lipinski definition) is 2. The average Bonchev–Trinajstić information content (AvgIpc) is 3.62. The summed E-state index contributed by atoms with van der Waals surface area (Å²) in [4.78, 5) is 21.4. The highest BCUT2D eigenvalue weighted by molar-refractivity contribution is 5.93. The number of carbonyl (C=O) groups excluding carboxylic acids is 1. The molecule has 35 heavy (non-hydrogen) atoms. The Balaban J connectivity index is 0.000000514. The van der Waals surface area contributed by atoms with Gasteiger partial charge in [0.15, 0.2) is 0 Å². The van der Waals surface area contributed by atoms with Gasteiger partial charge in [0.1, 0.15) is 5.69 Å². The predicted octanol–water partition coefficient (Wildman–Crippen LogP) is 3.98. The molecule has 178 valence electrons. The van der Waals surface area contributed by atoms with Gasteiger partial charge >= 0.3 is 0 Å². The summed E-state index contributed by atoms with van der Waals surface area (Å²) < 4.78 is 7.32. The molecule has 0 atom stereocenters. The first-order valence-electron chi connectivity index (χ1n) is 11.5. The molecule has 1 aliphatic heterocycles. The number of rotatable bonds is 4. The number of hydrogen-bond acceptors (Lipinski definition) is 6. The molecule has 0 spiro atoms. The second-order valence-corrected chi connectivity index (χ2v) is 8.23. The lowest BCUT2D eigenvalue weighted by Crippen LogP contribution is -2.17. The fourth-order valence-corrected chi connectivity index (χ4v) is 3.91. The molecule has 0 aliphatic carbocycles. The Hall–Kier alpha value is -4.22. The van der Waals surface area contributed by atoms with E-state index in [4.69, 9.17) is 15.0 Å². The summed E-state index contributed by atoms with van der Waals surface area (Å²) in [5, 5.41) is 14.9. The van der Waals surface area contributed by atoms with Crippen LogP contribution in [0.1, 0.15) is 34.5 Å². The second-order valence-electron chi connectivity index (χ2n) is 8.23. The zero-order valence-electron chi connectivity index (χ0n) is 20.1. The molecule has 2 N–H and O–H groups in total. The molecule has 8 heteroatoms. The number of benzene rings is 2. The second kappa shape index (κ2) is 10.8. The number of nitriles is 1. The minimum atomic E-state index is -0.296. The molecule has 1 amide bonds. The number of ether oxygens (including phenoxy) is 1. The molecular weight excluding hydrogens is 440 g/mol. The van der Waals surface area contributed by atoms with Crippen molar-refractivity contribution in [1.82, 2.24) is 25.0 Å². The molecule has 0 unspecified atom stereocenters. The van der Waals surface area contributed by atoms with Crippen LogP contribution in [0.25, 0.3) is 28.2 Å². The lowest BCUT2D eigenvalue weighted by molar-refractivity contribution is 0.0959. The van der Waals surface area contributed by atoms with E-state index in [1.54, 1.807) is 25.4 Å². The lowest BCUT2D eigenvalue weighted by atomic mass is 10.0. The van der Waals surface area contributed by atoms with Crippen molar-refractivity contribution >= 4 is 11.6 Å². The quantitative estimate of drug-likeness (QED) is 0.469. The van der Waals surface area contributed by atoms with Crippen LogP contribution < -0.4 is 15.4 Å². The van der Waals surface area contributed by atoms with Gasteiger partial charge in [0.2, 0.25) is 5.65 Å². The van der Waals surface area contributed by atoms with Crippen LogP contribution in [0.4, 0.5) is 0 Å². The summed E-state index contributed by atoms with van der Waals surface area (Å²) in [6, 6.07) is 17.4. The fourth-order valence-electron chi connectivity index (χ4n) is 3.91. The van der Waals surface area contributed by atoms with Gasteiger partial charge in [-0.3, -0.25) is 9.20 Å². The zero-order valence-corrected chi connectivity index (χ0v) is 20.1. The fraction of sp³-hybridized carbons (Fsp3) is 0.259. The van der Waals surface area contributed by atoms with Crippen molar-refractivity contribution in [2.24, 2.45) is 0 Å². The van der Waals surface area contributed by atoms with Gasteiger partial charge in [-0.2, -0.15) is 5.26 Å². The minimum Gasteiger partial charge on any atom is -0.478 e. The number of carbonyl (C=O) groups is 1. The van der Waals surface area contributed by atoms with Crippen molar-refractivity contribution in [3.05, 3.63) is 71.5 Å². The van der Waals surface area contributed by atoms with Crippen LogP contribution in [0.3, 0.4) is 0 Å². The van der Waals surface area contributed by atoms with Crippen LogP contribution in [-0.4, -0.2) is 47.5 Å². The number of methoxy groups -OCH3 is 1. The number of amides is 1. The summed E-state index contributed by atoms with van der Waals surface area (Å²) in [6.07, 6.45) is 4.46. The van der Waals surface area contributed by atoms with Crippen molar-refractivity contribution in [2.45, 2.75) is 19.8 Å². The third-order valence-electron chi connectivity index (χ3n) is 5.80. The molecular formula is C27H28N6O2. The number of aromatic nitrogens is 3. The van der Waals surface area contributed by atoms with Crippen molar-refractivity contribution in [3.63, 3.8) is 0 Å². The third-order valence-corrected chi connectivity index (χ3v) is 5.80. The van der Waals surface area contributed by atoms with E-state index in [-0.39, 0.29) is 11.6 Å². The highest BCUT2D eigenvalue weighted by atomic mass is 16.5. The van der Waals surface area contributed by atoms with Gasteiger partial charge in [0, 0.05) is 24.4 Å². The van der Waals surface area contributed by atoms with Gasteiger partial charge in [0.05, 0.1) is 30.1 Å². The van der Waals surface area contributed by atoms with Gasteiger partial charge in [-0.05, 0) is 45.0 Å². The molecule has 2 aromatic carbocycles. The highest BCUT2D eigenvalue weighted by Crippen LogP contribution is 2.35. The zero-order chi connectivity index (χ0) is 24.8. The van der Waals surface area contributed by atoms with E-state index in [1.165, 1.54) is 33.0 Å². The first-order valence-corrected chi connectivity index (χ1v) is 11.5. The topological polar surface area (TPSA) is 104 Å². The minimum absolute atomic E-state index is 0.267. The molecule has 4 aromatic rings. The van der Waals surface area contributed by atoms with Crippen molar-refractivity contribution in [2.75, 3.05) is 27.2 Å². The Morgan fingerprint density at radius 1 is 1.06 bits per heavy atom. The summed E-state index contributed by atoms with van der Waals surface area (Å²) in [6.45, 7) is 4.52. The van der Waals surface area contributed by atoms with Gasteiger partial charge in [-0.1, -0.05) is 42.0 Å². The molecule has 0 radical (unpaired) electrons. The number of nitrogens with zero attached hydrogens (tertiary/aromatic N) is 4. The Morgan fingerprint density at radius 2 is 1.71 bits per heavy atom. The standard InChI is InChI=1S/C23H19N5O2.C4H9N/c1-14-4-8-17(9-5-14)20-19(16-10-6-15(12-24)7-11-16)27-23(30-3)21-26-18(13-28(20)21)22(29)25-2;1-2-4-5-3-1/h4-11,13H,1-3H3,(H,25,29);5H,1-4H2. The summed E-state index contributed by atoms with van der Waals surface area (Å²) in [7, 11) is 3.08. The molecule has 0 bridgehead atoms. The van der Waals surface area contributed by atoms with Crippen LogP contribution in [0.2, 0.25) is 0 Å². The SMILES string of the molecule is C1CCNC1.CNC(=O)c1cn2c(-c3ccc(C)cc3)c(-c3ccc(C#N)cc3)nc(OC)c2n1. The average molecular weight is 469 g/mol. The van der Waals surface area contributed by atoms with E-state index in [1.807, 2.05) is 47.7 Å². The Kier molecular flexibility index (Phi) is 7.38. The lowest BCUT2D eigenvalue weighted by Gasteiger charge is -2.14. The summed E-state index contributed by atoms with van der Waals surface area (Å²) >= 11 is 0. The largest absolute Gasteiger partial charge is 0.478 e. The molecule has 8 nitrogen and oxygen atoms in total. The van der Waals surface area contributed by atoms with E-state index in [0.29, 0.717) is 22.8 Å². The van der Waals surface area contributed by atoms with Crippen LogP contribution in [-0.2, 0) is 0 Å². The normalized spacial score (nSPS) is 12.5. The summed E-state index contributed by atoms with van der Waals surface area (Å²) in [5.74, 6) is 0.0101. The van der Waals surface area contributed by atoms with Crippen molar-refractivity contribution in [3.8, 4) is 34.5 Å². The smallest absolute Gasteiger partial charge is 0.271 e. The van der Waals surface area contributed by atoms with Crippen LogP contribution in [0, 0.1) is 18.3 Å². The van der Waals surface area contributed by atoms with Gasteiger partial charge < -0.3 is 15.4 Å². The molecule has 1 saturated heterocycles. The van der Waals surface area contributed by atoms with Crippen molar-refractivity contribution < 1.29 is 9.53 Å². The third kappa shape index (κ3) is 5.15. The van der Waals surface area contributed by atoms with Crippen LogP contribution in [0.5, 0.6) is 5.88 Å². The van der Waals surface area contributed by atoms with Gasteiger partial charge in [-0.15, -0.1) is 0 Å². The summed E-state index contributed by atoms with van der Waals surface area (Å²) in [5.41, 5.74) is 5.58. The number of imidazole rings is 1. The van der Waals surface area contributed by atoms with Crippen LogP contribution in [0.15, 0.2) is 54.7 Å². The van der Waals surface area contributed by atoms with Crippen molar-refractivity contribution in [1.29, 1.82) is 5.26 Å². The van der Waals surface area contributed by atoms with Crippen LogP contribution >= 0.6 is 0 Å². The maximum absolute atomic E-state index is 12.2. The maximum atomic E-state index is 12.2. The Bertz CT molecular complexity index is 1360. The Morgan fingerprint density at radius 3 is 2.26 bits per heavy atom.